The molecule has 0 bridgehead atoms. The third-order valence-electron chi connectivity index (χ3n) is 6.09. The maximum Gasteiger partial charge on any atom is 0.336 e. The maximum absolute atomic E-state index is 13.3. The van der Waals surface area contributed by atoms with Gasteiger partial charge in [-0.3, -0.25) is 20.2 Å². The molecule has 0 saturated heterocycles. The van der Waals surface area contributed by atoms with E-state index in [-0.39, 0.29) is 41.1 Å². The van der Waals surface area contributed by atoms with Crippen molar-refractivity contribution in [2.24, 2.45) is 0 Å². The van der Waals surface area contributed by atoms with Crippen molar-refractivity contribution >= 4 is 52.6 Å². The van der Waals surface area contributed by atoms with Crippen LogP contribution < -0.4 is 16.0 Å². The van der Waals surface area contributed by atoms with Crippen LogP contribution in [0.5, 0.6) is 0 Å². The predicted molar refractivity (Wildman–Crippen MR) is 164 cm³/mol. The first kappa shape index (κ1) is 32.3. The third-order valence-corrected chi connectivity index (χ3v) is 7.32. The number of hydrogen-bond donors (Lipinski definition) is 3. The summed E-state index contributed by atoms with van der Waals surface area (Å²) in [5.41, 5.74) is 2.04. The number of nitrogens with zero attached hydrogens (tertiary/aromatic N) is 1. The van der Waals surface area contributed by atoms with Crippen molar-refractivity contribution in [1.82, 2.24) is 16.0 Å². The van der Waals surface area contributed by atoms with Crippen LogP contribution >= 0.6 is 24.0 Å². The number of amides is 1. The number of nitro groups is 1. The van der Waals surface area contributed by atoms with Crippen molar-refractivity contribution in [2.45, 2.75) is 26.7 Å². The molecule has 0 spiro atoms. The van der Waals surface area contributed by atoms with Gasteiger partial charge in [-0.1, -0.05) is 30.3 Å². The van der Waals surface area contributed by atoms with Gasteiger partial charge in [-0.2, -0.15) is 11.8 Å². The fourth-order valence-electron chi connectivity index (χ4n) is 4.31. The van der Waals surface area contributed by atoms with Gasteiger partial charge in [0.1, 0.15) is 0 Å². The van der Waals surface area contributed by atoms with Gasteiger partial charge in [-0.05, 0) is 50.7 Å². The minimum Gasteiger partial charge on any atom is -0.463 e. The molecule has 42 heavy (non-hydrogen) atoms. The summed E-state index contributed by atoms with van der Waals surface area (Å²) in [6.45, 7) is 5.67. The van der Waals surface area contributed by atoms with Crippen LogP contribution in [-0.4, -0.2) is 59.1 Å². The monoisotopic (exact) mass is 612 g/mol. The van der Waals surface area contributed by atoms with E-state index in [0.717, 1.165) is 0 Å². The van der Waals surface area contributed by atoms with E-state index in [0.29, 0.717) is 40.6 Å². The Morgan fingerprint density at radius 2 is 1.69 bits per heavy atom. The molecule has 1 aliphatic heterocycles. The number of thiocarbonyl (C=S) groups is 1. The highest BCUT2D eigenvalue weighted by Gasteiger charge is 2.39. The van der Waals surface area contributed by atoms with Crippen LogP contribution in [0.15, 0.2) is 77.1 Å². The average Bonchev–Trinajstić information content (AvgIpc) is 2.97. The Bertz CT molecular complexity index is 1410. The molecule has 222 valence electrons. The summed E-state index contributed by atoms with van der Waals surface area (Å²) < 4.78 is 10.7. The van der Waals surface area contributed by atoms with Crippen molar-refractivity contribution in [3.63, 3.8) is 0 Å². The highest BCUT2D eigenvalue weighted by Crippen LogP contribution is 2.40. The number of ether oxygens (including phenoxy) is 2. The van der Waals surface area contributed by atoms with Crippen LogP contribution in [0.4, 0.5) is 5.69 Å². The molecule has 0 aliphatic carbocycles. The molecule has 13 heteroatoms. The highest BCUT2D eigenvalue weighted by molar-refractivity contribution is 7.99. The van der Waals surface area contributed by atoms with Crippen molar-refractivity contribution < 1.29 is 28.8 Å². The lowest BCUT2D eigenvalue weighted by Gasteiger charge is -2.31. The largest absolute Gasteiger partial charge is 0.463 e. The number of allylic oxidation sites excluding steroid dienone is 1. The summed E-state index contributed by atoms with van der Waals surface area (Å²) in [6, 6.07) is 14.5. The number of carbonyl (C=O) groups excluding carboxylic acids is 3. The second-order valence-corrected chi connectivity index (χ2v) is 10.4. The molecule has 0 radical (unpaired) electrons. The van der Waals surface area contributed by atoms with E-state index in [4.69, 9.17) is 21.7 Å². The number of nitro benzene ring substituents is 1. The van der Waals surface area contributed by atoms with E-state index in [1.807, 2.05) is 6.07 Å². The van der Waals surface area contributed by atoms with Crippen LogP contribution in [0.25, 0.3) is 0 Å². The van der Waals surface area contributed by atoms with E-state index >= 15 is 0 Å². The Hall–Kier alpha value is -4.23. The lowest BCUT2D eigenvalue weighted by atomic mass is 9.80. The SMILES string of the molecule is CCOC(=O)C1=C(C)NC(CSCCNC(=S)NC(=O)c2ccccc2)=C(C(=O)OCC)C1c1cccc([N+](=O)[O-])c1. The van der Waals surface area contributed by atoms with Gasteiger partial charge in [-0.25, -0.2) is 9.59 Å². The molecule has 1 aliphatic rings. The van der Waals surface area contributed by atoms with E-state index in [1.54, 1.807) is 51.1 Å². The standard InChI is InChI=1S/C29H32N4O7S2/c1-4-39-27(35)23-18(3)31-22(17-42-15-14-30-29(41)32-26(34)19-10-7-6-8-11-19)25(28(36)40-5-2)24(23)20-12-9-13-21(16-20)33(37)38/h6-13,16,24,31H,4-5,14-15,17H2,1-3H3,(H2,30,32,34,41). The van der Waals surface area contributed by atoms with E-state index < -0.39 is 22.8 Å². The zero-order valence-corrected chi connectivity index (χ0v) is 25.1. The number of thioether (sulfide) groups is 1. The molecular weight excluding hydrogens is 580 g/mol. The lowest BCUT2D eigenvalue weighted by Crippen LogP contribution is -2.40. The summed E-state index contributed by atoms with van der Waals surface area (Å²) in [7, 11) is 0. The summed E-state index contributed by atoms with van der Waals surface area (Å²) in [5.74, 6) is -1.66. The molecule has 2 aromatic carbocycles. The molecule has 11 nitrogen and oxygen atoms in total. The molecular formula is C29H32N4O7S2. The van der Waals surface area contributed by atoms with Crippen molar-refractivity contribution in [3.8, 4) is 0 Å². The Kier molecular flexibility index (Phi) is 12.1. The number of nitrogens with one attached hydrogen (secondary N) is 3. The van der Waals surface area contributed by atoms with E-state index in [1.165, 1.54) is 30.0 Å². The summed E-state index contributed by atoms with van der Waals surface area (Å²) in [6.07, 6.45) is 0. The molecule has 3 N–H and O–H groups in total. The van der Waals surface area contributed by atoms with Crippen molar-refractivity contribution in [3.05, 3.63) is 98.4 Å². The maximum atomic E-state index is 13.3. The normalized spacial score (nSPS) is 14.5. The minimum absolute atomic E-state index is 0.0952. The fraction of sp³-hybridized carbons (Fsp3) is 0.310. The van der Waals surface area contributed by atoms with Crippen LogP contribution in [0, 0.1) is 10.1 Å². The van der Waals surface area contributed by atoms with E-state index in [9.17, 15) is 24.5 Å². The van der Waals surface area contributed by atoms with E-state index in [2.05, 4.69) is 16.0 Å². The van der Waals surface area contributed by atoms with Crippen LogP contribution in [0.1, 0.15) is 42.6 Å². The summed E-state index contributed by atoms with van der Waals surface area (Å²) in [4.78, 5) is 49.7. The second-order valence-electron chi connectivity index (χ2n) is 8.91. The van der Waals surface area contributed by atoms with Gasteiger partial charge in [0.25, 0.3) is 11.6 Å². The van der Waals surface area contributed by atoms with Gasteiger partial charge in [0.15, 0.2) is 5.11 Å². The van der Waals surface area contributed by atoms with Crippen molar-refractivity contribution in [1.29, 1.82) is 0 Å². The van der Waals surface area contributed by atoms with Crippen LogP contribution in [-0.2, 0) is 19.1 Å². The number of carbonyl (C=O) groups is 3. The molecule has 1 unspecified atom stereocenters. The molecule has 1 amide bonds. The van der Waals surface area contributed by atoms with Gasteiger partial charge < -0.3 is 20.1 Å². The lowest BCUT2D eigenvalue weighted by molar-refractivity contribution is -0.384. The molecule has 0 aromatic heterocycles. The van der Waals surface area contributed by atoms with Gasteiger partial charge in [0.2, 0.25) is 0 Å². The summed E-state index contributed by atoms with van der Waals surface area (Å²) >= 11 is 6.70. The number of rotatable bonds is 12. The fourth-order valence-corrected chi connectivity index (χ4v) is 5.33. The number of dihydropyridines is 1. The minimum atomic E-state index is -0.946. The topological polar surface area (TPSA) is 149 Å². The zero-order chi connectivity index (χ0) is 30.6. The Morgan fingerprint density at radius 3 is 2.33 bits per heavy atom. The summed E-state index contributed by atoms with van der Waals surface area (Å²) in [5, 5.41) is 20.5. The number of esters is 2. The Balaban J connectivity index is 1.81. The number of hydrogen-bond acceptors (Lipinski definition) is 10. The van der Waals surface area contributed by atoms with Gasteiger partial charge in [0, 0.05) is 47.1 Å². The number of benzene rings is 2. The Labute approximate surface area is 253 Å². The van der Waals surface area contributed by atoms with Crippen molar-refractivity contribution in [2.75, 3.05) is 31.3 Å². The third kappa shape index (κ3) is 8.40. The van der Waals surface area contributed by atoms with Gasteiger partial charge >= 0.3 is 11.9 Å². The van der Waals surface area contributed by atoms with Gasteiger partial charge in [0.05, 0.1) is 35.2 Å². The zero-order valence-electron chi connectivity index (χ0n) is 23.4. The average molecular weight is 613 g/mol. The first-order valence-corrected chi connectivity index (χ1v) is 14.8. The predicted octanol–water partition coefficient (Wildman–Crippen LogP) is 3.97. The highest BCUT2D eigenvalue weighted by atomic mass is 32.2. The quantitative estimate of drug-likeness (QED) is 0.105. The molecule has 2 aromatic rings. The first-order valence-electron chi connectivity index (χ1n) is 13.2. The molecule has 1 heterocycles. The second kappa shape index (κ2) is 15.7. The number of non-ortho nitro benzene ring substituents is 1. The Morgan fingerprint density at radius 1 is 1.02 bits per heavy atom. The molecule has 0 fully saturated rings. The van der Waals surface area contributed by atoms with Crippen LogP contribution in [0.3, 0.4) is 0 Å². The molecule has 0 saturated carbocycles. The first-order chi connectivity index (χ1) is 20.2. The van der Waals surface area contributed by atoms with Gasteiger partial charge in [-0.15, -0.1) is 0 Å². The molecule has 3 rings (SSSR count). The van der Waals surface area contributed by atoms with Crippen LogP contribution in [0.2, 0.25) is 0 Å². The smallest absolute Gasteiger partial charge is 0.336 e. The molecule has 1 atom stereocenters.